The minimum atomic E-state index is 0.522. The molecular formula is C17H24O2. The van der Waals surface area contributed by atoms with E-state index in [1.807, 2.05) is 0 Å². The molecule has 1 aliphatic heterocycles. The van der Waals surface area contributed by atoms with Crippen molar-refractivity contribution < 1.29 is 9.47 Å². The summed E-state index contributed by atoms with van der Waals surface area (Å²) in [5, 5.41) is 0. The monoisotopic (exact) mass is 260 g/mol. The Morgan fingerprint density at radius 3 is 2.58 bits per heavy atom. The molecule has 19 heavy (non-hydrogen) atoms. The number of fused-ring (bicyclic) bond motifs is 1. The third kappa shape index (κ3) is 2.79. The lowest BCUT2D eigenvalue weighted by Gasteiger charge is -2.20. The van der Waals surface area contributed by atoms with E-state index in [-0.39, 0.29) is 0 Å². The molecule has 2 aliphatic rings. The molecule has 1 aromatic carbocycles. The Morgan fingerprint density at radius 2 is 2.05 bits per heavy atom. The van der Waals surface area contributed by atoms with E-state index in [1.165, 1.54) is 31.2 Å². The van der Waals surface area contributed by atoms with E-state index in [0.29, 0.717) is 24.0 Å². The van der Waals surface area contributed by atoms with Crippen molar-refractivity contribution in [2.24, 2.45) is 5.92 Å². The zero-order valence-corrected chi connectivity index (χ0v) is 12.0. The van der Waals surface area contributed by atoms with Gasteiger partial charge in [-0.1, -0.05) is 32.4 Å². The maximum atomic E-state index is 5.86. The molecule has 2 fully saturated rings. The molecule has 0 aromatic heterocycles. The molecule has 1 aliphatic carbocycles. The number of rotatable bonds is 7. The van der Waals surface area contributed by atoms with Crippen molar-refractivity contribution >= 4 is 0 Å². The Hall–Kier alpha value is -1.02. The van der Waals surface area contributed by atoms with Crippen LogP contribution in [0.1, 0.15) is 51.0 Å². The smallest absolute Gasteiger partial charge is 0.119 e. The second kappa shape index (κ2) is 5.54. The van der Waals surface area contributed by atoms with E-state index in [9.17, 15) is 0 Å². The van der Waals surface area contributed by atoms with Crippen molar-refractivity contribution in [3.8, 4) is 5.75 Å². The number of hydrogen-bond acceptors (Lipinski definition) is 2. The molecule has 1 aromatic rings. The van der Waals surface area contributed by atoms with E-state index >= 15 is 0 Å². The Bertz CT molecular complexity index is 412. The van der Waals surface area contributed by atoms with Crippen LogP contribution >= 0.6 is 0 Å². The highest BCUT2D eigenvalue weighted by atomic mass is 16.6. The first-order valence-corrected chi connectivity index (χ1v) is 7.70. The molecule has 3 rings (SSSR count). The second-order valence-corrected chi connectivity index (χ2v) is 5.91. The Kier molecular flexibility index (Phi) is 3.79. The molecule has 104 valence electrons. The maximum absolute atomic E-state index is 5.86. The molecule has 0 N–H and O–H groups in total. The molecule has 2 heteroatoms. The standard InChI is InChI=1S/C17H24O2/c1-3-5-12(4-2)13-6-8-15(9-7-13)18-11-14-10-16-17(14)19-16/h6-9,12,14,16-17H,3-5,10-11H2,1-2H3. The lowest BCUT2D eigenvalue weighted by molar-refractivity contribution is 0.204. The van der Waals surface area contributed by atoms with Gasteiger partial charge in [0.15, 0.2) is 0 Å². The molecule has 1 heterocycles. The van der Waals surface area contributed by atoms with Gasteiger partial charge >= 0.3 is 0 Å². The van der Waals surface area contributed by atoms with Crippen LogP contribution in [0.3, 0.4) is 0 Å². The zero-order chi connectivity index (χ0) is 13.2. The highest BCUT2D eigenvalue weighted by molar-refractivity contribution is 5.29. The van der Waals surface area contributed by atoms with Crippen molar-refractivity contribution in [3.63, 3.8) is 0 Å². The van der Waals surface area contributed by atoms with Crippen LogP contribution in [0.15, 0.2) is 24.3 Å². The van der Waals surface area contributed by atoms with Crippen LogP contribution in [0.2, 0.25) is 0 Å². The van der Waals surface area contributed by atoms with Gasteiger partial charge < -0.3 is 9.47 Å². The van der Waals surface area contributed by atoms with Crippen LogP contribution < -0.4 is 4.74 Å². The van der Waals surface area contributed by atoms with Crippen molar-refractivity contribution in [2.45, 2.75) is 57.7 Å². The van der Waals surface area contributed by atoms with Gasteiger partial charge in [-0.3, -0.25) is 0 Å². The Labute approximate surface area is 116 Å². The summed E-state index contributed by atoms with van der Waals surface area (Å²) in [4.78, 5) is 0. The van der Waals surface area contributed by atoms with Crippen LogP contribution in [-0.2, 0) is 4.74 Å². The molecule has 4 atom stereocenters. The van der Waals surface area contributed by atoms with Crippen molar-refractivity contribution in [1.29, 1.82) is 0 Å². The van der Waals surface area contributed by atoms with E-state index in [4.69, 9.17) is 9.47 Å². The fraction of sp³-hybridized carbons (Fsp3) is 0.647. The van der Waals surface area contributed by atoms with Gasteiger partial charge in [0.25, 0.3) is 0 Å². The van der Waals surface area contributed by atoms with Gasteiger partial charge in [0.05, 0.1) is 18.8 Å². The molecular weight excluding hydrogens is 236 g/mol. The molecule has 0 radical (unpaired) electrons. The van der Waals surface area contributed by atoms with Crippen LogP contribution in [0.5, 0.6) is 5.75 Å². The quantitative estimate of drug-likeness (QED) is 0.687. The van der Waals surface area contributed by atoms with Crippen molar-refractivity contribution in [2.75, 3.05) is 6.61 Å². The summed E-state index contributed by atoms with van der Waals surface area (Å²) < 4.78 is 11.3. The predicted molar refractivity (Wildman–Crippen MR) is 76.6 cm³/mol. The van der Waals surface area contributed by atoms with Gasteiger partial charge in [-0.2, -0.15) is 0 Å². The van der Waals surface area contributed by atoms with Gasteiger partial charge in [-0.25, -0.2) is 0 Å². The average molecular weight is 260 g/mol. The van der Waals surface area contributed by atoms with Crippen LogP contribution in [0.4, 0.5) is 0 Å². The van der Waals surface area contributed by atoms with Gasteiger partial charge in [0.1, 0.15) is 5.75 Å². The predicted octanol–water partition coefficient (Wildman–Crippen LogP) is 4.15. The summed E-state index contributed by atoms with van der Waals surface area (Å²) in [6.07, 6.45) is 6.04. The van der Waals surface area contributed by atoms with E-state index in [0.717, 1.165) is 12.4 Å². The number of epoxide rings is 1. The molecule has 4 unspecified atom stereocenters. The van der Waals surface area contributed by atoms with Crippen molar-refractivity contribution in [1.82, 2.24) is 0 Å². The first-order valence-electron chi connectivity index (χ1n) is 7.70. The van der Waals surface area contributed by atoms with Crippen LogP contribution in [0.25, 0.3) is 0 Å². The maximum Gasteiger partial charge on any atom is 0.119 e. The fourth-order valence-corrected chi connectivity index (χ4v) is 3.15. The number of ether oxygens (including phenoxy) is 2. The second-order valence-electron chi connectivity index (χ2n) is 5.91. The summed E-state index contributed by atoms with van der Waals surface area (Å²) in [5.41, 5.74) is 1.45. The molecule has 1 saturated heterocycles. The normalized spacial score (nSPS) is 29.3. The van der Waals surface area contributed by atoms with Gasteiger partial charge in [-0.05, 0) is 42.9 Å². The lowest BCUT2D eigenvalue weighted by Crippen LogP contribution is -2.29. The van der Waals surface area contributed by atoms with Crippen LogP contribution in [-0.4, -0.2) is 18.8 Å². The van der Waals surface area contributed by atoms with Gasteiger partial charge in [0.2, 0.25) is 0 Å². The molecule has 0 spiro atoms. The number of benzene rings is 1. The summed E-state index contributed by atoms with van der Waals surface area (Å²) in [6.45, 7) is 5.34. The summed E-state index contributed by atoms with van der Waals surface area (Å²) in [5.74, 6) is 2.33. The summed E-state index contributed by atoms with van der Waals surface area (Å²) in [6, 6.07) is 8.71. The minimum Gasteiger partial charge on any atom is -0.493 e. The summed E-state index contributed by atoms with van der Waals surface area (Å²) >= 11 is 0. The first kappa shape index (κ1) is 13.0. The van der Waals surface area contributed by atoms with Gasteiger partial charge in [0, 0.05) is 5.92 Å². The minimum absolute atomic E-state index is 0.522. The van der Waals surface area contributed by atoms with Crippen molar-refractivity contribution in [3.05, 3.63) is 29.8 Å². The SMILES string of the molecule is CCCC(CC)c1ccc(OCC2CC3OC23)cc1. The third-order valence-electron chi connectivity index (χ3n) is 4.57. The van der Waals surface area contributed by atoms with E-state index < -0.39 is 0 Å². The largest absolute Gasteiger partial charge is 0.493 e. The highest BCUT2D eigenvalue weighted by Crippen LogP contribution is 2.46. The topological polar surface area (TPSA) is 21.8 Å². The molecule has 0 bridgehead atoms. The summed E-state index contributed by atoms with van der Waals surface area (Å²) in [7, 11) is 0. The third-order valence-corrected chi connectivity index (χ3v) is 4.57. The van der Waals surface area contributed by atoms with E-state index in [1.54, 1.807) is 0 Å². The van der Waals surface area contributed by atoms with Crippen LogP contribution in [0, 0.1) is 5.92 Å². The molecule has 1 saturated carbocycles. The number of hydrogen-bond donors (Lipinski definition) is 0. The Morgan fingerprint density at radius 1 is 1.26 bits per heavy atom. The highest BCUT2D eigenvalue weighted by Gasteiger charge is 2.56. The molecule has 2 nitrogen and oxygen atoms in total. The van der Waals surface area contributed by atoms with E-state index in [2.05, 4.69) is 38.1 Å². The van der Waals surface area contributed by atoms with Gasteiger partial charge in [-0.15, -0.1) is 0 Å². The first-order chi connectivity index (χ1) is 9.31. The zero-order valence-electron chi connectivity index (χ0n) is 12.0. The Balaban J connectivity index is 1.52. The lowest BCUT2D eigenvalue weighted by atomic mass is 9.86. The average Bonchev–Trinajstić information content (AvgIpc) is 3.08. The fourth-order valence-electron chi connectivity index (χ4n) is 3.15. The molecule has 0 amide bonds.